The topological polar surface area (TPSA) is 147 Å². The lowest BCUT2D eigenvalue weighted by Crippen LogP contribution is -1.92. The van der Waals surface area contributed by atoms with Gasteiger partial charge in [-0.2, -0.15) is 4.98 Å². The van der Waals surface area contributed by atoms with E-state index in [9.17, 15) is 10.1 Å². The molecule has 0 amide bonds. The van der Waals surface area contributed by atoms with Crippen molar-refractivity contribution < 1.29 is 14.1 Å². The Kier molecular flexibility index (Phi) is 2.60. The van der Waals surface area contributed by atoms with Gasteiger partial charge in [-0.3, -0.25) is 10.1 Å². The molecule has 3 aromatic rings. The molecule has 0 unspecified atom stereocenters. The zero-order valence-electron chi connectivity index (χ0n) is 9.76. The molecular weight excluding hydrogens is 268 g/mol. The van der Waals surface area contributed by atoms with Crippen LogP contribution < -0.4 is 5.73 Å². The highest BCUT2D eigenvalue weighted by molar-refractivity contribution is 5.69. The minimum Gasteiger partial charge on any atom is -0.379 e. The number of nitrogens with zero attached hydrogens (tertiary/aromatic N) is 5. The number of benzene rings is 1. The maximum Gasteiger partial charge on any atom is 0.282 e. The molecule has 0 saturated carbocycles. The second kappa shape index (κ2) is 4.42. The summed E-state index contributed by atoms with van der Waals surface area (Å²) in [5.74, 6) is 0.0199. The number of aromatic nitrogens is 4. The lowest BCUT2D eigenvalue weighted by Gasteiger charge is -1.95. The predicted molar refractivity (Wildman–Crippen MR) is 64.1 cm³/mol. The van der Waals surface area contributed by atoms with Gasteiger partial charge in [-0.1, -0.05) is 17.3 Å². The SMILES string of the molecule is Nc1nonc1-c1noc(-c2ccccc2[N+](=O)[O-])n1. The van der Waals surface area contributed by atoms with E-state index in [0.717, 1.165) is 0 Å². The van der Waals surface area contributed by atoms with E-state index in [1.54, 1.807) is 12.1 Å². The highest BCUT2D eigenvalue weighted by atomic mass is 16.6. The van der Waals surface area contributed by atoms with Crippen LogP contribution in [0.3, 0.4) is 0 Å². The van der Waals surface area contributed by atoms with Crippen molar-refractivity contribution in [2.75, 3.05) is 5.73 Å². The Morgan fingerprint density at radius 2 is 2.00 bits per heavy atom. The average molecular weight is 274 g/mol. The van der Waals surface area contributed by atoms with Gasteiger partial charge < -0.3 is 10.3 Å². The van der Waals surface area contributed by atoms with Crippen LogP contribution in [-0.2, 0) is 0 Å². The third kappa shape index (κ3) is 1.84. The molecule has 0 spiro atoms. The molecule has 0 aliphatic carbocycles. The van der Waals surface area contributed by atoms with Crippen LogP contribution in [0.1, 0.15) is 0 Å². The summed E-state index contributed by atoms with van der Waals surface area (Å²) in [5, 5.41) is 21.5. The highest BCUT2D eigenvalue weighted by Crippen LogP contribution is 2.30. The summed E-state index contributed by atoms with van der Waals surface area (Å²) >= 11 is 0. The summed E-state index contributed by atoms with van der Waals surface area (Å²) < 4.78 is 9.41. The first kappa shape index (κ1) is 11.8. The lowest BCUT2D eigenvalue weighted by molar-refractivity contribution is -0.384. The van der Waals surface area contributed by atoms with Crippen LogP contribution >= 0.6 is 0 Å². The van der Waals surface area contributed by atoms with Gasteiger partial charge in [0.15, 0.2) is 11.5 Å². The largest absolute Gasteiger partial charge is 0.379 e. The predicted octanol–water partition coefficient (Wildman–Crippen LogP) is 1.28. The van der Waals surface area contributed by atoms with Gasteiger partial charge in [0.1, 0.15) is 5.56 Å². The van der Waals surface area contributed by atoms with Crippen LogP contribution in [0.25, 0.3) is 23.0 Å². The minimum absolute atomic E-state index is 0.0000820. The minimum atomic E-state index is -0.536. The lowest BCUT2D eigenvalue weighted by atomic mass is 10.2. The number of hydrogen-bond donors (Lipinski definition) is 1. The van der Waals surface area contributed by atoms with E-state index >= 15 is 0 Å². The van der Waals surface area contributed by atoms with Gasteiger partial charge in [-0.15, -0.1) is 0 Å². The molecule has 2 N–H and O–H groups in total. The van der Waals surface area contributed by atoms with Gasteiger partial charge in [0.2, 0.25) is 5.82 Å². The van der Waals surface area contributed by atoms with Crippen molar-refractivity contribution in [3.63, 3.8) is 0 Å². The Labute approximate surface area is 110 Å². The van der Waals surface area contributed by atoms with Crippen molar-refractivity contribution in [1.82, 2.24) is 20.5 Å². The van der Waals surface area contributed by atoms with Gasteiger partial charge >= 0.3 is 0 Å². The molecule has 10 heteroatoms. The summed E-state index contributed by atoms with van der Waals surface area (Å²) in [5.41, 5.74) is 5.67. The number of rotatable bonds is 3. The van der Waals surface area contributed by atoms with E-state index in [1.165, 1.54) is 12.1 Å². The molecule has 0 aliphatic heterocycles. The van der Waals surface area contributed by atoms with Crippen molar-refractivity contribution in [1.29, 1.82) is 0 Å². The van der Waals surface area contributed by atoms with Crippen LogP contribution in [0, 0.1) is 10.1 Å². The zero-order valence-corrected chi connectivity index (χ0v) is 9.76. The van der Waals surface area contributed by atoms with Crippen molar-refractivity contribution >= 4 is 11.5 Å². The van der Waals surface area contributed by atoms with Gasteiger partial charge in [0.25, 0.3) is 11.6 Å². The molecule has 0 fully saturated rings. The van der Waals surface area contributed by atoms with E-state index in [1.807, 2.05) is 0 Å². The standard InChI is InChI=1S/C10H6N6O4/c11-8-7(13-20-14-8)9-12-10(19-15-9)5-3-1-2-4-6(5)16(17)18/h1-4H,(H2,11,14). The third-order valence-corrected chi connectivity index (χ3v) is 2.48. The molecule has 2 aromatic heterocycles. The first-order chi connectivity index (χ1) is 9.66. The van der Waals surface area contributed by atoms with Gasteiger partial charge in [0, 0.05) is 6.07 Å². The Bertz CT molecular complexity index is 779. The monoisotopic (exact) mass is 274 g/mol. The van der Waals surface area contributed by atoms with Crippen LogP contribution in [0.5, 0.6) is 0 Å². The second-order valence-corrected chi connectivity index (χ2v) is 3.70. The fraction of sp³-hybridized carbons (Fsp3) is 0. The molecule has 2 heterocycles. The van der Waals surface area contributed by atoms with Crippen LogP contribution in [-0.4, -0.2) is 25.4 Å². The van der Waals surface area contributed by atoms with Crippen LogP contribution in [0.2, 0.25) is 0 Å². The molecule has 3 rings (SSSR count). The van der Waals surface area contributed by atoms with Crippen molar-refractivity contribution in [3.8, 4) is 23.0 Å². The summed E-state index contributed by atoms with van der Waals surface area (Å²) in [6.45, 7) is 0. The molecule has 0 radical (unpaired) electrons. The Balaban J connectivity index is 2.07. The van der Waals surface area contributed by atoms with Gasteiger partial charge in [0.05, 0.1) is 4.92 Å². The number of nitrogens with two attached hydrogens (primary N) is 1. The Morgan fingerprint density at radius 3 is 2.70 bits per heavy atom. The quantitative estimate of drug-likeness (QED) is 0.550. The second-order valence-electron chi connectivity index (χ2n) is 3.70. The molecule has 0 aliphatic rings. The molecule has 20 heavy (non-hydrogen) atoms. The Hall–Kier alpha value is -3.30. The number of anilines is 1. The average Bonchev–Trinajstić information content (AvgIpc) is 3.07. The number of nitro groups is 1. The van der Waals surface area contributed by atoms with Crippen LogP contribution in [0.4, 0.5) is 11.5 Å². The van der Waals surface area contributed by atoms with E-state index in [0.29, 0.717) is 0 Å². The first-order valence-corrected chi connectivity index (χ1v) is 5.32. The maximum absolute atomic E-state index is 10.9. The summed E-state index contributed by atoms with van der Waals surface area (Å²) in [7, 11) is 0. The van der Waals surface area contributed by atoms with Gasteiger partial charge in [-0.05, 0) is 16.4 Å². The van der Waals surface area contributed by atoms with E-state index in [-0.39, 0.29) is 34.5 Å². The summed E-state index contributed by atoms with van der Waals surface area (Å²) in [6, 6.07) is 6.00. The first-order valence-electron chi connectivity index (χ1n) is 5.32. The zero-order chi connectivity index (χ0) is 14.1. The summed E-state index contributed by atoms with van der Waals surface area (Å²) in [6.07, 6.45) is 0. The van der Waals surface area contributed by atoms with E-state index in [4.69, 9.17) is 10.3 Å². The van der Waals surface area contributed by atoms with E-state index < -0.39 is 4.92 Å². The third-order valence-electron chi connectivity index (χ3n) is 2.48. The molecule has 10 nitrogen and oxygen atoms in total. The van der Waals surface area contributed by atoms with Gasteiger partial charge in [-0.25, -0.2) is 4.63 Å². The smallest absolute Gasteiger partial charge is 0.282 e. The maximum atomic E-state index is 10.9. The number of nitro benzene ring substituents is 1. The molecule has 0 saturated heterocycles. The molecule has 100 valence electrons. The number of hydrogen-bond acceptors (Lipinski definition) is 9. The summed E-state index contributed by atoms with van der Waals surface area (Å²) in [4.78, 5) is 14.4. The molecule has 1 aromatic carbocycles. The number of para-hydroxylation sites is 1. The molecular formula is C10H6N6O4. The fourth-order valence-electron chi connectivity index (χ4n) is 1.59. The number of nitrogen functional groups attached to an aromatic ring is 1. The van der Waals surface area contributed by atoms with Crippen molar-refractivity contribution in [3.05, 3.63) is 34.4 Å². The normalized spacial score (nSPS) is 10.6. The fourth-order valence-corrected chi connectivity index (χ4v) is 1.59. The molecule has 0 bridgehead atoms. The van der Waals surface area contributed by atoms with Crippen molar-refractivity contribution in [2.24, 2.45) is 0 Å². The molecule has 0 atom stereocenters. The van der Waals surface area contributed by atoms with Crippen molar-refractivity contribution in [2.45, 2.75) is 0 Å². The van der Waals surface area contributed by atoms with E-state index in [2.05, 4.69) is 25.1 Å². The van der Waals surface area contributed by atoms with Crippen LogP contribution in [0.15, 0.2) is 33.4 Å². The Morgan fingerprint density at radius 1 is 1.20 bits per heavy atom. The highest BCUT2D eigenvalue weighted by Gasteiger charge is 2.22.